The highest BCUT2D eigenvalue weighted by Gasteiger charge is 2.42. The molecule has 2 heterocycles. The first-order chi connectivity index (χ1) is 17.2. The van der Waals surface area contributed by atoms with Crippen molar-refractivity contribution in [2.75, 3.05) is 46.6 Å². The number of nitrogens with zero attached hydrogens (tertiary/aromatic N) is 2. The standard InChI is InChI=1S/C27H40N2O7/c1-18(20-15-19-9-13-35-24(19)22(16-20)33-12-6-11-32-5)29(21-7-8-21)25(30)23-17-28(10-14-34-23)26(31)36-27(2,3)4/h15-16,18,21,23H,6-14,17H2,1-5H3/t18?,23-/m1/s1. The van der Waals surface area contributed by atoms with Crippen LogP contribution in [0.15, 0.2) is 12.1 Å². The largest absolute Gasteiger partial charge is 0.490 e. The van der Waals surface area contributed by atoms with E-state index in [4.69, 9.17) is 23.7 Å². The van der Waals surface area contributed by atoms with E-state index in [1.165, 1.54) is 0 Å². The van der Waals surface area contributed by atoms with Crippen LogP contribution in [0.1, 0.15) is 64.1 Å². The second-order valence-electron chi connectivity index (χ2n) is 10.7. The molecule has 1 unspecified atom stereocenters. The molecule has 0 radical (unpaired) electrons. The van der Waals surface area contributed by atoms with Crippen LogP contribution in [0.5, 0.6) is 11.5 Å². The fourth-order valence-electron chi connectivity index (χ4n) is 4.69. The molecule has 2 amide bonds. The van der Waals surface area contributed by atoms with E-state index >= 15 is 0 Å². The molecule has 4 rings (SSSR count). The van der Waals surface area contributed by atoms with Gasteiger partial charge >= 0.3 is 6.09 Å². The molecular formula is C27H40N2O7. The minimum atomic E-state index is -0.711. The van der Waals surface area contributed by atoms with E-state index in [1.54, 1.807) is 12.0 Å². The van der Waals surface area contributed by atoms with Crippen molar-refractivity contribution >= 4 is 12.0 Å². The smallest absolute Gasteiger partial charge is 0.410 e. The zero-order valence-electron chi connectivity index (χ0n) is 22.2. The van der Waals surface area contributed by atoms with Gasteiger partial charge in [-0.2, -0.15) is 0 Å². The highest BCUT2D eigenvalue weighted by molar-refractivity contribution is 5.83. The highest BCUT2D eigenvalue weighted by Crippen LogP contribution is 2.42. The third kappa shape index (κ3) is 6.42. The minimum absolute atomic E-state index is 0.0856. The number of amides is 2. The van der Waals surface area contributed by atoms with Crippen molar-refractivity contribution in [3.05, 3.63) is 23.3 Å². The van der Waals surface area contributed by atoms with Crippen molar-refractivity contribution in [2.24, 2.45) is 0 Å². The number of methoxy groups -OCH3 is 1. The predicted octanol–water partition coefficient (Wildman–Crippen LogP) is 3.72. The van der Waals surface area contributed by atoms with Gasteiger partial charge in [0, 0.05) is 44.7 Å². The van der Waals surface area contributed by atoms with Crippen LogP contribution in [0.2, 0.25) is 0 Å². The van der Waals surface area contributed by atoms with Gasteiger partial charge in [-0.3, -0.25) is 4.79 Å². The number of hydrogen-bond donors (Lipinski definition) is 0. The molecular weight excluding hydrogens is 464 g/mol. The van der Waals surface area contributed by atoms with Crippen LogP contribution in [0.25, 0.3) is 0 Å². The second-order valence-corrected chi connectivity index (χ2v) is 10.7. The molecule has 36 heavy (non-hydrogen) atoms. The van der Waals surface area contributed by atoms with Gasteiger partial charge in [0.15, 0.2) is 17.6 Å². The average Bonchev–Trinajstić information content (AvgIpc) is 3.55. The summed E-state index contributed by atoms with van der Waals surface area (Å²) in [4.78, 5) is 29.9. The number of fused-ring (bicyclic) bond motifs is 1. The van der Waals surface area contributed by atoms with Gasteiger partial charge in [0.2, 0.25) is 0 Å². The number of hydrogen-bond acceptors (Lipinski definition) is 7. The molecule has 2 atom stereocenters. The Labute approximate surface area is 213 Å². The van der Waals surface area contributed by atoms with Crippen LogP contribution in [-0.2, 0) is 25.4 Å². The summed E-state index contributed by atoms with van der Waals surface area (Å²) >= 11 is 0. The summed E-state index contributed by atoms with van der Waals surface area (Å²) in [6, 6.07) is 4.13. The number of benzene rings is 1. The van der Waals surface area contributed by atoms with Crippen LogP contribution >= 0.6 is 0 Å². The van der Waals surface area contributed by atoms with Gasteiger partial charge in [-0.25, -0.2) is 4.79 Å². The quantitative estimate of drug-likeness (QED) is 0.474. The minimum Gasteiger partial charge on any atom is -0.490 e. The lowest BCUT2D eigenvalue weighted by Gasteiger charge is -2.38. The molecule has 2 fully saturated rings. The average molecular weight is 505 g/mol. The molecule has 0 aromatic heterocycles. The Balaban J connectivity index is 1.50. The van der Waals surface area contributed by atoms with Crippen LogP contribution < -0.4 is 9.47 Å². The number of ether oxygens (including phenoxy) is 5. The Kier molecular flexibility index (Phi) is 8.30. The van der Waals surface area contributed by atoms with E-state index in [0.29, 0.717) is 33.0 Å². The Morgan fingerprint density at radius 1 is 1.19 bits per heavy atom. The number of carbonyl (C=O) groups is 2. The van der Waals surface area contributed by atoms with Crippen molar-refractivity contribution in [2.45, 2.75) is 77.2 Å². The SMILES string of the molecule is COCCCOc1cc(C(C)N(C(=O)[C@H]2CN(C(=O)OC(C)(C)C)CCO2)C2CC2)cc2c1OCC2. The van der Waals surface area contributed by atoms with Crippen LogP contribution in [0, 0.1) is 0 Å². The molecule has 200 valence electrons. The molecule has 1 aromatic rings. The van der Waals surface area contributed by atoms with E-state index in [9.17, 15) is 9.59 Å². The van der Waals surface area contributed by atoms with Gasteiger partial charge in [-0.15, -0.1) is 0 Å². The lowest BCUT2D eigenvalue weighted by Crippen LogP contribution is -2.54. The van der Waals surface area contributed by atoms with Gasteiger partial charge in [0.05, 0.1) is 32.4 Å². The van der Waals surface area contributed by atoms with Gasteiger partial charge in [0.1, 0.15) is 5.60 Å². The Hall–Kier alpha value is -2.52. The molecule has 3 aliphatic rings. The Morgan fingerprint density at radius 3 is 2.67 bits per heavy atom. The summed E-state index contributed by atoms with van der Waals surface area (Å²) in [7, 11) is 1.68. The lowest BCUT2D eigenvalue weighted by atomic mass is 10.0. The van der Waals surface area contributed by atoms with Crippen molar-refractivity contribution in [1.82, 2.24) is 9.80 Å². The third-order valence-electron chi connectivity index (χ3n) is 6.61. The molecule has 1 aliphatic carbocycles. The first-order valence-corrected chi connectivity index (χ1v) is 13.0. The number of carbonyl (C=O) groups excluding carboxylic acids is 2. The number of rotatable bonds is 9. The maximum absolute atomic E-state index is 13.8. The van der Waals surface area contributed by atoms with Crippen LogP contribution in [-0.4, -0.2) is 86.2 Å². The van der Waals surface area contributed by atoms with E-state index in [2.05, 4.69) is 13.0 Å². The zero-order chi connectivity index (χ0) is 25.9. The monoisotopic (exact) mass is 504 g/mol. The van der Waals surface area contributed by atoms with E-state index in [0.717, 1.165) is 48.3 Å². The molecule has 2 aliphatic heterocycles. The number of morpholine rings is 1. The topological polar surface area (TPSA) is 86.8 Å². The van der Waals surface area contributed by atoms with Gasteiger partial charge in [0.25, 0.3) is 5.91 Å². The predicted molar refractivity (Wildman–Crippen MR) is 133 cm³/mol. The van der Waals surface area contributed by atoms with E-state index < -0.39 is 17.8 Å². The van der Waals surface area contributed by atoms with Crippen molar-refractivity contribution in [3.63, 3.8) is 0 Å². The highest BCUT2D eigenvalue weighted by atomic mass is 16.6. The molecule has 0 N–H and O–H groups in total. The lowest BCUT2D eigenvalue weighted by molar-refractivity contribution is -0.151. The van der Waals surface area contributed by atoms with Crippen molar-refractivity contribution in [1.29, 1.82) is 0 Å². The van der Waals surface area contributed by atoms with Gasteiger partial charge in [-0.05, 0) is 58.2 Å². The molecule has 1 saturated carbocycles. The molecule has 1 aromatic carbocycles. The van der Waals surface area contributed by atoms with Crippen LogP contribution in [0.4, 0.5) is 4.79 Å². The maximum Gasteiger partial charge on any atom is 0.410 e. The second kappa shape index (κ2) is 11.3. The summed E-state index contributed by atoms with van der Waals surface area (Å²) in [5, 5.41) is 0. The summed E-state index contributed by atoms with van der Waals surface area (Å²) in [6.07, 6.45) is 2.41. The molecule has 0 bridgehead atoms. The van der Waals surface area contributed by atoms with Crippen LogP contribution in [0.3, 0.4) is 0 Å². The third-order valence-corrected chi connectivity index (χ3v) is 6.61. The molecule has 1 saturated heterocycles. The van der Waals surface area contributed by atoms with Gasteiger partial charge < -0.3 is 33.5 Å². The maximum atomic E-state index is 13.8. The first kappa shape index (κ1) is 26.5. The Bertz CT molecular complexity index is 941. The van der Waals surface area contributed by atoms with Crippen molar-refractivity contribution in [3.8, 4) is 11.5 Å². The fourth-order valence-corrected chi connectivity index (χ4v) is 4.69. The molecule has 0 spiro atoms. The normalized spacial score (nSPS) is 20.4. The van der Waals surface area contributed by atoms with E-state index in [-0.39, 0.29) is 24.5 Å². The summed E-state index contributed by atoms with van der Waals surface area (Å²) < 4.78 is 28.4. The fraction of sp³-hybridized carbons (Fsp3) is 0.704. The summed E-state index contributed by atoms with van der Waals surface area (Å²) in [6.45, 7) is 10.2. The van der Waals surface area contributed by atoms with E-state index in [1.807, 2.05) is 31.7 Å². The van der Waals surface area contributed by atoms with Gasteiger partial charge in [-0.1, -0.05) is 0 Å². The van der Waals surface area contributed by atoms with Crippen molar-refractivity contribution < 1.29 is 33.3 Å². The molecule has 9 heteroatoms. The first-order valence-electron chi connectivity index (χ1n) is 13.0. The summed E-state index contributed by atoms with van der Waals surface area (Å²) in [5.41, 5.74) is 1.53. The summed E-state index contributed by atoms with van der Waals surface area (Å²) in [5.74, 6) is 1.44. The molecule has 9 nitrogen and oxygen atoms in total. The zero-order valence-corrected chi connectivity index (χ0v) is 22.2. The Morgan fingerprint density at radius 2 is 1.97 bits per heavy atom.